The number of benzene rings is 2. The SMILES string of the molecule is C=CCNC(=O)/C(=C\c1ccccc1OC)c1ccccc1. The molecule has 112 valence electrons. The second-order valence-corrected chi connectivity index (χ2v) is 4.66. The second-order valence-electron chi connectivity index (χ2n) is 4.66. The third-order valence-electron chi connectivity index (χ3n) is 3.18. The van der Waals surface area contributed by atoms with Gasteiger partial charge < -0.3 is 10.1 Å². The van der Waals surface area contributed by atoms with Gasteiger partial charge in [0.2, 0.25) is 0 Å². The van der Waals surface area contributed by atoms with E-state index < -0.39 is 0 Å². The number of amides is 1. The molecule has 22 heavy (non-hydrogen) atoms. The van der Waals surface area contributed by atoms with Crippen LogP contribution in [0.1, 0.15) is 11.1 Å². The van der Waals surface area contributed by atoms with Crippen molar-refractivity contribution in [2.45, 2.75) is 0 Å². The molecule has 2 aromatic carbocycles. The molecule has 0 saturated carbocycles. The van der Waals surface area contributed by atoms with Crippen molar-refractivity contribution in [1.29, 1.82) is 0 Å². The molecule has 2 rings (SSSR count). The molecule has 0 saturated heterocycles. The van der Waals surface area contributed by atoms with Gasteiger partial charge in [0.05, 0.1) is 7.11 Å². The number of hydrogen-bond acceptors (Lipinski definition) is 2. The van der Waals surface area contributed by atoms with Crippen LogP contribution in [0.2, 0.25) is 0 Å². The lowest BCUT2D eigenvalue weighted by Gasteiger charge is -2.10. The van der Waals surface area contributed by atoms with Crippen LogP contribution in [0.25, 0.3) is 11.6 Å². The van der Waals surface area contributed by atoms with Crippen LogP contribution in [-0.4, -0.2) is 19.6 Å². The van der Waals surface area contributed by atoms with E-state index >= 15 is 0 Å². The van der Waals surface area contributed by atoms with Gasteiger partial charge in [-0.25, -0.2) is 0 Å². The van der Waals surface area contributed by atoms with E-state index in [0.717, 1.165) is 16.9 Å². The van der Waals surface area contributed by atoms with Gasteiger partial charge in [-0.15, -0.1) is 6.58 Å². The maximum absolute atomic E-state index is 12.4. The predicted octanol–water partition coefficient (Wildman–Crippen LogP) is 3.54. The summed E-state index contributed by atoms with van der Waals surface area (Å²) < 4.78 is 5.35. The van der Waals surface area contributed by atoms with Crippen molar-refractivity contribution in [2.24, 2.45) is 0 Å². The van der Waals surface area contributed by atoms with Crippen molar-refractivity contribution in [3.63, 3.8) is 0 Å². The Labute approximate surface area is 130 Å². The standard InChI is InChI=1S/C19H19NO2/c1-3-13-20-19(21)17(15-9-5-4-6-10-15)14-16-11-7-8-12-18(16)22-2/h3-12,14H,1,13H2,2H3,(H,20,21)/b17-14-. The summed E-state index contributed by atoms with van der Waals surface area (Å²) in [7, 11) is 1.62. The molecule has 0 aromatic heterocycles. The molecule has 0 radical (unpaired) electrons. The van der Waals surface area contributed by atoms with Crippen molar-refractivity contribution in [1.82, 2.24) is 5.32 Å². The van der Waals surface area contributed by atoms with Gasteiger partial charge in [-0.3, -0.25) is 4.79 Å². The number of carbonyl (C=O) groups excluding carboxylic acids is 1. The summed E-state index contributed by atoms with van der Waals surface area (Å²) in [5, 5.41) is 2.82. The van der Waals surface area contributed by atoms with E-state index in [-0.39, 0.29) is 5.91 Å². The first kappa shape index (κ1) is 15.6. The molecule has 0 atom stereocenters. The van der Waals surface area contributed by atoms with Crippen molar-refractivity contribution >= 4 is 17.6 Å². The number of para-hydroxylation sites is 1. The fourth-order valence-corrected chi connectivity index (χ4v) is 2.10. The van der Waals surface area contributed by atoms with E-state index in [1.165, 1.54) is 0 Å². The van der Waals surface area contributed by atoms with Gasteiger partial charge in [0, 0.05) is 17.7 Å². The monoisotopic (exact) mass is 293 g/mol. The minimum Gasteiger partial charge on any atom is -0.496 e. The van der Waals surface area contributed by atoms with Gasteiger partial charge in [0.15, 0.2) is 0 Å². The molecule has 0 aliphatic rings. The second kappa shape index (κ2) is 7.84. The van der Waals surface area contributed by atoms with E-state index in [4.69, 9.17) is 4.74 Å². The number of nitrogens with one attached hydrogen (secondary N) is 1. The first-order chi connectivity index (χ1) is 10.8. The largest absolute Gasteiger partial charge is 0.496 e. The molecule has 0 bridgehead atoms. The molecule has 3 nitrogen and oxygen atoms in total. The zero-order valence-electron chi connectivity index (χ0n) is 12.6. The molecule has 1 amide bonds. The molecule has 0 aliphatic carbocycles. The number of carbonyl (C=O) groups is 1. The maximum atomic E-state index is 12.4. The third-order valence-corrected chi connectivity index (χ3v) is 3.18. The van der Waals surface area contributed by atoms with Crippen LogP contribution in [-0.2, 0) is 4.79 Å². The lowest BCUT2D eigenvalue weighted by Crippen LogP contribution is -2.24. The normalized spacial score (nSPS) is 10.9. The first-order valence-electron chi connectivity index (χ1n) is 7.05. The molecular formula is C19H19NO2. The Morgan fingerprint density at radius 1 is 1.14 bits per heavy atom. The topological polar surface area (TPSA) is 38.3 Å². The fraction of sp³-hybridized carbons (Fsp3) is 0.105. The smallest absolute Gasteiger partial charge is 0.252 e. The summed E-state index contributed by atoms with van der Waals surface area (Å²) in [6.45, 7) is 4.05. The minimum atomic E-state index is -0.142. The maximum Gasteiger partial charge on any atom is 0.252 e. The number of ether oxygens (including phenoxy) is 1. The van der Waals surface area contributed by atoms with Crippen LogP contribution < -0.4 is 10.1 Å². The number of hydrogen-bond donors (Lipinski definition) is 1. The number of methoxy groups -OCH3 is 1. The van der Waals surface area contributed by atoms with E-state index in [9.17, 15) is 4.79 Å². The fourth-order valence-electron chi connectivity index (χ4n) is 2.10. The highest BCUT2D eigenvalue weighted by molar-refractivity contribution is 6.24. The highest BCUT2D eigenvalue weighted by Gasteiger charge is 2.12. The van der Waals surface area contributed by atoms with Crippen LogP contribution in [0, 0.1) is 0 Å². The summed E-state index contributed by atoms with van der Waals surface area (Å²) in [6.07, 6.45) is 3.50. The zero-order valence-corrected chi connectivity index (χ0v) is 12.6. The van der Waals surface area contributed by atoms with Crippen molar-refractivity contribution in [2.75, 3.05) is 13.7 Å². The third kappa shape index (κ3) is 3.85. The Kier molecular flexibility index (Phi) is 5.55. The molecule has 0 aliphatic heterocycles. The van der Waals surface area contributed by atoms with Crippen molar-refractivity contribution in [3.05, 3.63) is 78.4 Å². The van der Waals surface area contributed by atoms with Crippen LogP contribution in [0.3, 0.4) is 0 Å². The number of rotatable bonds is 6. The highest BCUT2D eigenvalue weighted by atomic mass is 16.5. The lowest BCUT2D eigenvalue weighted by molar-refractivity contribution is -0.115. The highest BCUT2D eigenvalue weighted by Crippen LogP contribution is 2.24. The van der Waals surface area contributed by atoms with Gasteiger partial charge in [-0.05, 0) is 17.7 Å². The van der Waals surface area contributed by atoms with Crippen LogP contribution >= 0.6 is 0 Å². The van der Waals surface area contributed by atoms with Crippen LogP contribution in [0.15, 0.2) is 67.3 Å². The van der Waals surface area contributed by atoms with Crippen LogP contribution in [0.5, 0.6) is 5.75 Å². The Hall–Kier alpha value is -2.81. The van der Waals surface area contributed by atoms with Gasteiger partial charge in [-0.1, -0.05) is 54.6 Å². The van der Waals surface area contributed by atoms with Gasteiger partial charge in [0.25, 0.3) is 5.91 Å². The minimum absolute atomic E-state index is 0.142. The summed E-state index contributed by atoms with van der Waals surface area (Å²) in [5.41, 5.74) is 2.31. The zero-order chi connectivity index (χ0) is 15.8. The molecule has 0 spiro atoms. The van der Waals surface area contributed by atoms with Crippen molar-refractivity contribution < 1.29 is 9.53 Å². The first-order valence-corrected chi connectivity index (χ1v) is 7.05. The molecule has 3 heteroatoms. The summed E-state index contributed by atoms with van der Waals surface area (Å²) in [4.78, 5) is 12.4. The van der Waals surface area contributed by atoms with Crippen LogP contribution in [0.4, 0.5) is 0 Å². The summed E-state index contributed by atoms with van der Waals surface area (Å²) in [6, 6.07) is 17.2. The molecule has 1 N–H and O–H groups in total. The summed E-state index contributed by atoms with van der Waals surface area (Å²) in [5.74, 6) is 0.587. The average Bonchev–Trinajstić information content (AvgIpc) is 2.58. The average molecular weight is 293 g/mol. The van der Waals surface area contributed by atoms with E-state index in [0.29, 0.717) is 12.1 Å². The Morgan fingerprint density at radius 2 is 1.82 bits per heavy atom. The van der Waals surface area contributed by atoms with E-state index in [2.05, 4.69) is 11.9 Å². The van der Waals surface area contributed by atoms with Gasteiger partial charge in [-0.2, -0.15) is 0 Å². The Bertz CT molecular complexity index is 675. The van der Waals surface area contributed by atoms with E-state index in [1.54, 1.807) is 13.2 Å². The quantitative estimate of drug-likeness (QED) is 0.502. The Morgan fingerprint density at radius 3 is 2.50 bits per heavy atom. The van der Waals surface area contributed by atoms with E-state index in [1.807, 2.05) is 60.7 Å². The lowest BCUT2D eigenvalue weighted by atomic mass is 10.0. The molecule has 0 fully saturated rings. The van der Waals surface area contributed by atoms with Crippen molar-refractivity contribution in [3.8, 4) is 5.75 Å². The molecule has 0 unspecified atom stereocenters. The summed E-state index contributed by atoms with van der Waals surface area (Å²) >= 11 is 0. The van der Waals surface area contributed by atoms with Gasteiger partial charge >= 0.3 is 0 Å². The Balaban J connectivity index is 2.46. The molecular weight excluding hydrogens is 274 g/mol. The predicted molar refractivity (Wildman–Crippen MR) is 90.5 cm³/mol. The van der Waals surface area contributed by atoms with Gasteiger partial charge in [0.1, 0.15) is 5.75 Å². The molecule has 0 heterocycles. The molecule has 2 aromatic rings.